The van der Waals surface area contributed by atoms with Gasteiger partial charge in [0.2, 0.25) is 0 Å². The quantitative estimate of drug-likeness (QED) is 0.771. The van der Waals surface area contributed by atoms with E-state index in [9.17, 15) is 4.79 Å². The van der Waals surface area contributed by atoms with Crippen molar-refractivity contribution in [3.05, 3.63) is 53.1 Å². The first-order valence-corrected chi connectivity index (χ1v) is 11.0. The summed E-state index contributed by atoms with van der Waals surface area (Å²) in [4.78, 5) is 18.0. The van der Waals surface area contributed by atoms with Crippen LogP contribution in [0.4, 0.5) is 5.69 Å². The van der Waals surface area contributed by atoms with E-state index in [1.54, 1.807) is 14.2 Å². The van der Waals surface area contributed by atoms with Gasteiger partial charge >= 0.3 is 0 Å². The van der Waals surface area contributed by atoms with Gasteiger partial charge in [-0.3, -0.25) is 4.79 Å². The minimum Gasteiger partial charge on any atom is -0.493 e. The number of benzene rings is 2. The topological polar surface area (TPSA) is 54.0 Å². The highest BCUT2D eigenvalue weighted by Gasteiger charge is 2.38. The van der Waals surface area contributed by atoms with Crippen molar-refractivity contribution < 1.29 is 14.3 Å². The molecule has 0 spiro atoms. The molecular weight excluding hydrogens is 390 g/mol. The largest absolute Gasteiger partial charge is 0.493 e. The second-order valence-corrected chi connectivity index (χ2v) is 8.96. The molecule has 0 saturated carbocycles. The van der Waals surface area contributed by atoms with Gasteiger partial charge in [0.25, 0.3) is 5.91 Å². The predicted octanol–water partition coefficient (Wildman–Crippen LogP) is 3.50. The van der Waals surface area contributed by atoms with Crippen molar-refractivity contribution in [3.8, 4) is 11.5 Å². The van der Waals surface area contributed by atoms with E-state index in [1.165, 1.54) is 13.1 Å². The Morgan fingerprint density at radius 1 is 1.00 bits per heavy atom. The molecule has 2 aromatic rings. The van der Waals surface area contributed by atoms with Crippen LogP contribution in [0, 0.1) is 18.8 Å². The molecule has 2 saturated heterocycles. The molecular formula is C25H33N3O3. The third-order valence-electron chi connectivity index (χ3n) is 6.75. The van der Waals surface area contributed by atoms with Crippen molar-refractivity contribution in [2.75, 3.05) is 52.3 Å². The molecule has 2 aliphatic heterocycles. The zero-order valence-electron chi connectivity index (χ0n) is 19.1. The highest BCUT2D eigenvalue weighted by atomic mass is 16.5. The lowest BCUT2D eigenvalue weighted by molar-refractivity contribution is 0.0939. The standard InChI is InChI=1S/C25H33N3O3/c1-16-6-8-21(28-14-19-12-27(3)13-20(19)15-28)11-22(16)25(29)26-17(2)18-7-9-23(30-4)24(10-18)31-5/h6-11,17,19-20H,12-15H2,1-5H3,(H,26,29). The summed E-state index contributed by atoms with van der Waals surface area (Å²) < 4.78 is 10.7. The number of rotatable bonds is 6. The van der Waals surface area contributed by atoms with Crippen LogP contribution < -0.4 is 19.7 Å². The fourth-order valence-corrected chi connectivity index (χ4v) is 4.97. The zero-order chi connectivity index (χ0) is 22.1. The Morgan fingerprint density at radius 3 is 2.32 bits per heavy atom. The van der Waals surface area contributed by atoms with Crippen LogP contribution in [-0.4, -0.2) is 58.3 Å². The molecule has 3 atom stereocenters. The van der Waals surface area contributed by atoms with E-state index in [1.807, 2.05) is 32.0 Å². The van der Waals surface area contributed by atoms with E-state index >= 15 is 0 Å². The fourth-order valence-electron chi connectivity index (χ4n) is 4.97. The summed E-state index contributed by atoms with van der Waals surface area (Å²) in [5, 5.41) is 3.15. The number of hydrogen-bond donors (Lipinski definition) is 1. The summed E-state index contributed by atoms with van der Waals surface area (Å²) in [7, 11) is 5.44. The molecule has 166 valence electrons. The molecule has 2 heterocycles. The SMILES string of the molecule is COc1ccc(C(C)NC(=O)c2cc(N3CC4CN(C)CC4C3)ccc2C)cc1OC. The number of fused-ring (bicyclic) bond motifs is 1. The van der Waals surface area contributed by atoms with Gasteiger partial charge < -0.3 is 24.6 Å². The minimum absolute atomic E-state index is 0.0549. The van der Waals surface area contributed by atoms with E-state index in [0.29, 0.717) is 11.5 Å². The molecule has 6 nitrogen and oxygen atoms in total. The van der Waals surface area contributed by atoms with Crippen LogP contribution in [0.2, 0.25) is 0 Å². The average molecular weight is 424 g/mol. The molecule has 1 N–H and O–H groups in total. The summed E-state index contributed by atoms with van der Waals surface area (Å²) >= 11 is 0. The summed E-state index contributed by atoms with van der Waals surface area (Å²) in [6, 6.07) is 11.8. The predicted molar refractivity (Wildman–Crippen MR) is 123 cm³/mol. The van der Waals surface area contributed by atoms with E-state index in [0.717, 1.165) is 47.3 Å². The van der Waals surface area contributed by atoms with Gasteiger partial charge in [-0.25, -0.2) is 0 Å². The Labute approximate surface area is 185 Å². The van der Waals surface area contributed by atoms with E-state index in [2.05, 4.69) is 40.4 Å². The molecule has 2 aliphatic rings. The number of ether oxygens (including phenoxy) is 2. The van der Waals surface area contributed by atoms with Crippen LogP contribution in [0.5, 0.6) is 11.5 Å². The number of anilines is 1. The third-order valence-corrected chi connectivity index (χ3v) is 6.75. The number of nitrogens with zero attached hydrogens (tertiary/aromatic N) is 2. The van der Waals surface area contributed by atoms with Gasteiger partial charge in [0, 0.05) is 37.4 Å². The Balaban J connectivity index is 1.48. The Kier molecular flexibility index (Phi) is 6.10. The van der Waals surface area contributed by atoms with Crippen LogP contribution in [0.15, 0.2) is 36.4 Å². The number of nitrogens with one attached hydrogen (secondary N) is 1. The number of carbonyl (C=O) groups excluding carboxylic acids is 1. The second-order valence-electron chi connectivity index (χ2n) is 8.96. The molecule has 0 aliphatic carbocycles. The van der Waals surface area contributed by atoms with E-state index in [4.69, 9.17) is 9.47 Å². The molecule has 0 bridgehead atoms. The van der Waals surface area contributed by atoms with Crippen molar-refractivity contribution in [2.45, 2.75) is 19.9 Å². The zero-order valence-corrected chi connectivity index (χ0v) is 19.1. The maximum atomic E-state index is 13.1. The molecule has 4 rings (SSSR count). The summed E-state index contributed by atoms with van der Waals surface area (Å²) in [5.41, 5.74) is 3.83. The number of carbonyl (C=O) groups is 1. The monoisotopic (exact) mass is 423 g/mol. The molecule has 31 heavy (non-hydrogen) atoms. The molecule has 3 unspecified atom stereocenters. The summed E-state index contributed by atoms with van der Waals surface area (Å²) in [6.07, 6.45) is 0. The van der Waals surface area contributed by atoms with Gasteiger partial charge in [-0.15, -0.1) is 0 Å². The van der Waals surface area contributed by atoms with Crippen molar-refractivity contribution in [1.29, 1.82) is 0 Å². The Bertz CT molecular complexity index is 947. The highest BCUT2D eigenvalue weighted by molar-refractivity contribution is 5.96. The molecule has 2 aromatic carbocycles. The molecule has 0 aromatic heterocycles. The van der Waals surface area contributed by atoms with Gasteiger partial charge in [0.1, 0.15) is 0 Å². The van der Waals surface area contributed by atoms with Crippen molar-refractivity contribution >= 4 is 11.6 Å². The molecule has 2 fully saturated rings. The maximum absolute atomic E-state index is 13.1. The van der Waals surface area contributed by atoms with Gasteiger partial charge in [-0.2, -0.15) is 0 Å². The number of likely N-dealkylation sites (tertiary alicyclic amines) is 1. The minimum atomic E-state index is -0.156. The lowest BCUT2D eigenvalue weighted by Gasteiger charge is -2.23. The highest BCUT2D eigenvalue weighted by Crippen LogP contribution is 2.34. The average Bonchev–Trinajstić information content (AvgIpc) is 3.30. The van der Waals surface area contributed by atoms with Crippen molar-refractivity contribution in [3.63, 3.8) is 0 Å². The van der Waals surface area contributed by atoms with Crippen molar-refractivity contribution in [2.24, 2.45) is 11.8 Å². The lowest BCUT2D eigenvalue weighted by atomic mass is 10.0. The first-order valence-electron chi connectivity index (χ1n) is 11.0. The van der Waals surface area contributed by atoms with Crippen LogP contribution >= 0.6 is 0 Å². The van der Waals surface area contributed by atoms with E-state index < -0.39 is 0 Å². The number of hydrogen-bond acceptors (Lipinski definition) is 5. The van der Waals surface area contributed by atoms with Crippen LogP contribution in [0.25, 0.3) is 0 Å². The Hall–Kier alpha value is -2.73. The first-order chi connectivity index (χ1) is 14.9. The Morgan fingerprint density at radius 2 is 1.68 bits per heavy atom. The molecule has 1 amide bonds. The van der Waals surface area contributed by atoms with Crippen LogP contribution in [0.1, 0.15) is 34.5 Å². The third kappa shape index (κ3) is 4.35. The maximum Gasteiger partial charge on any atom is 0.252 e. The van der Waals surface area contributed by atoms with E-state index in [-0.39, 0.29) is 11.9 Å². The number of aryl methyl sites for hydroxylation is 1. The van der Waals surface area contributed by atoms with Gasteiger partial charge in [-0.1, -0.05) is 12.1 Å². The normalized spacial score (nSPS) is 21.6. The second kappa shape index (κ2) is 8.79. The van der Waals surface area contributed by atoms with Crippen molar-refractivity contribution in [1.82, 2.24) is 10.2 Å². The number of amides is 1. The molecule has 6 heteroatoms. The molecule has 0 radical (unpaired) electrons. The van der Waals surface area contributed by atoms with Gasteiger partial charge in [-0.05, 0) is 68.1 Å². The first kappa shape index (κ1) is 21.5. The summed E-state index contributed by atoms with van der Waals surface area (Å²) in [6.45, 7) is 8.46. The van der Waals surface area contributed by atoms with Gasteiger partial charge in [0.05, 0.1) is 20.3 Å². The van der Waals surface area contributed by atoms with Crippen LogP contribution in [0.3, 0.4) is 0 Å². The fraction of sp³-hybridized carbons (Fsp3) is 0.480. The smallest absolute Gasteiger partial charge is 0.252 e. The number of methoxy groups -OCH3 is 2. The van der Waals surface area contributed by atoms with Crippen LogP contribution in [-0.2, 0) is 0 Å². The van der Waals surface area contributed by atoms with Gasteiger partial charge in [0.15, 0.2) is 11.5 Å². The lowest BCUT2D eigenvalue weighted by Crippen LogP contribution is -2.29. The summed E-state index contributed by atoms with van der Waals surface area (Å²) in [5.74, 6) is 2.74.